The van der Waals surface area contributed by atoms with Crippen LogP contribution in [0.4, 0.5) is 0 Å². The molecule has 4 heteroatoms. The van der Waals surface area contributed by atoms with Gasteiger partial charge in [-0.05, 0) is 13.3 Å². The van der Waals surface area contributed by atoms with E-state index in [9.17, 15) is 4.79 Å². The fourth-order valence-electron chi connectivity index (χ4n) is 1.78. The Morgan fingerprint density at radius 1 is 1.41 bits per heavy atom. The predicted octanol–water partition coefficient (Wildman–Crippen LogP) is 2.27. The summed E-state index contributed by atoms with van der Waals surface area (Å²) in [5.74, 6) is -0.799. The Morgan fingerprint density at radius 3 is 2.76 bits per heavy atom. The third-order valence-electron chi connectivity index (χ3n) is 2.78. The summed E-state index contributed by atoms with van der Waals surface area (Å²) in [4.78, 5) is 10.4. The van der Waals surface area contributed by atoms with Crippen molar-refractivity contribution >= 4 is 5.97 Å². The fourth-order valence-corrected chi connectivity index (χ4v) is 1.78. The van der Waals surface area contributed by atoms with Gasteiger partial charge in [-0.15, -0.1) is 0 Å². The Morgan fingerprint density at radius 2 is 2.12 bits per heavy atom. The van der Waals surface area contributed by atoms with Crippen molar-refractivity contribution in [1.29, 1.82) is 0 Å². The summed E-state index contributed by atoms with van der Waals surface area (Å²) in [5.41, 5.74) is 2.17. The molecule has 2 atom stereocenters. The molecular weight excluding hydrogens is 220 g/mol. The van der Waals surface area contributed by atoms with E-state index in [-0.39, 0.29) is 18.8 Å². The van der Waals surface area contributed by atoms with E-state index < -0.39 is 5.97 Å². The van der Waals surface area contributed by atoms with Crippen LogP contribution in [0.1, 0.15) is 30.3 Å². The van der Waals surface area contributed by atoms with Gasteiger partial charge in [0.25, 0.3) is 0 Å². The van der Waals surface area contributed by atoms with Gasteiger partial charge in [0.2, 0.25) is 0 Å². The molecule has 0 aliphatic carbocycles. The first kappa shape index (κ1) is 12.1. The Balaban J connectivity index is 1.89. The van der Waals surface area contributed by atoms with Crippen LogP contribution >= 0.6 is 0 Å². The number of carbonyl (C=O) groups is 1. The van der Waals surface area contributed by atoms with E-state index in [2.05, 4.69) is 0 Å². The molecule has 1 aliphatic heterocycles. The quantitative estimate of drug-likeness (QED) is 0.871. The lowest BCUT2D eigenvalue weighted by Gasteiger charge is -2.11. The number of benzene rings is 1. The van der Waals surface area contributed by atoms with E-state index in [0.717, 1.165) is 5.56 Å². The summed E-state index contributed by atoms with van der Waals surface area (Å²) in [6.07, 6.45) is 0.151. The molecule has 4 nitrogen and oxygen atoms in total. The molecule has 1 N–H and O–H groups in total. The van der Waals surface area contributed by atoms with E-state index in [1.807, 2.05) is 31.2 Å². The van der Waals surface area contributed by atoms with Crippen molar-refractivity contribution < 1.29 is 19.4 Å². The van der Waals surface area contributed by atoms with E-state index in [4.69, 9.17) is 14.6 Å². The van der Waals surface area contributed by atoms with Gasteiger partial charge >= 0.3 is 5.97 Å². The van der Waals surface area contributed by atoms with Crippen LogP contribution < -0.4 is 0 Å². The van der Waals surface area contributed by atoms with E-state index in [0.29, 0.717) is 13.0 Å². The van der Waals surface area contributed by atoms with Crippen molar-refractivity contribution in [1.82, 2.24) is 0 Å². The zero-order valence-electron chi connectivity index (χ0n) is 9.76. The average Bonchev–Trinajstić information content (AvgIpc) is 2.76. The van der Waals surface area contributed by atoms with Crippen LogP contribution in [0.25, 0.3) is 0 Å². The topological polar surface area (TPSA) is 55.8 Å². The minimum atomic E-state index is -0.799. The maximum atomic E-state index is 10.4. The summed E-state index contributed by atoms with van der Waals surface area (Å²) in [6.45, 7) is 2.49. The molecule has 1 saturated heterocycles. The highest BCUT2D eigenvalue weighted by Crippen LogP contribution is 2.28. The molecule has 2 rings (SSSR count). The second kappa shape index (κ2) is 5.29. The maximum absolute atomic E-state index is 10.4. The van der Waals surface area contributed by atoms with Crippen molar-refractivity contribution in [3.8, 4) is 0 Å². The van der Waals surface area contributed by atoms with Gasteiger partial charge in [-0.3, -0.25) is 4.79 Å². The Hall–Kier alpha value is -1.39. The van der Waals surface area contributed by atoms with Crippen molar-refractivity contribution in [2.45, 2.75) is 32.2 Å². The lowest BCUT2D eigenvalue weighted by atomic mass is 10.1. The molecule has 0 bridgehead atoms. The van der Waals surface area contributed by atoms with Crippen LogP contribution in [0.15, 0.2) is 24.3 Å². The summed E-state index contributed by atoms with van der Waals surface area (Å²) in [7, 11) is 0. The standard InChI is InChI=1S/C13H16O4/c1-9-2-4-10(5-3-9)13-16-8-11(17-13)6-7-12(14)15/h2-5,11,13H,6-8H2,1H3,(H,14,15). The number of aryl methyl sites for hydroxylation is 1. The predicted molar refractivity (Wildman–Crippen MR) is 61.6 cm³/mol. The van der Waals surface area contributed by atoms with Crippen molar-refractivity contribution in [3.63, 3.8) is 0 Å². The van der Waals surface area contributed by atoms with Gasteiger partial charge in [-0.25, -0.2) is 0 Å². The zero-order valence-corrected chi connectivity index (χ0v) is 9.76. The van der Waals surface area contributed by atoms with Crippen molar-refractivity contribution in [2.24, 2.45) is 0 Å². The van der Waals surface area contributed by atoms with Gasteiger partial charge in [0.15, 0.2) is 6.29 Å². The van der Waals surface area contributed by atoms with Crippen molar-refractivity contribution in [2.75, 3.05) is 6.61 Å². The average molecular weight is 236 g/mol. The Labute approximate surface area is 100 Å². The second-order valence-corrected chi connectivity index (χ2v) is 4.27. The fraction of sp³-hybridized carbons (Fsp3) is 0.462. The number of rotatable bonds is 4. The van der Waals surface area contributed by atoms with Crippen LogP contribution in [0.2, 0.25) is 0 Å². The van der Waals surface area contributed by atoms with E-state index in [1.54, 1.807) is 0 Å². The molecule has 1 aliphatic rings. The molecule has 17 heavy (non-hydrogen) atoms. The van der Waals surface area contributed by atoms with Crippen LogP contribution in [0.5, 0.6) is 0 Å². The van der Waals surface area contributed by atoms with Crippen LogP contribution in [0, 0.1) is 6.92 Å². The zero-order chi connectivity index (χ0) is 12.3. The molecule has 1 aromatic carbocycles. The largest absolute Gasteiger partial charge is 0.481 e. The third kappa shape index (κ3) is 3.28. The molecule has 0 saturated carbocycles. The number of ether oxygens (including phenoxy) is 2. The molecule has 0 aromatic heterocycles. The minimum Gasteiger partial charge on any atom is -0.481 e. The maximum Gasteiger partial charge on any atom is 0.303 e. The smallest absolute Gasteiger partial charge is 0.303 e. The molecular formula is C13H16O4. The number of hydrogen-bond donors (Lipinski definition) is 1. The third-order valence-corrected chi connectivity index (χ3v) is 2.78. The highest BCUT2D eigenvalue weighted by atomic mass is 16.7. The number of carboxylic acid groups (broad SMARTS) is 1. The molecule has 1 aromatic rings. The van der Waals surface area contributed by atoms with Crippen LogP contribution in [0.3, 0.4) is 0 Å². The highest BCUT2D eigenvalue weighted by Gasteiger charge is 2.27. The highest BCUT2D eigenvalue weighted by molar-refractivity contribution is 5.66. The van der Waals surface area contributed by atoms with Crippen molar-refractivity contribution in [3.05, 3.63) is 35.4 Å². The normalized spacial score (nSPS) is 23.8. The van der Waals surface area contributed by atoms with Crippen LogP contribution in [-0.2, 0) is 14.3 Å². The molecule has 2 unspecified atom stereocenters. The van der Waals surface area contributed by atoms with Gasteiger partial charge in [0.05, 0.1) is 12.7 Å². The Bertz CT molecular complexity index is 385. The molecule has 1 heterocycles. The SMILES string of the molecule is Cc1ccc(C2OCC(CCC(=O)O)O2)cc1. The number of carboxylic acids is 1. The summed E-state index contributed by atoms with van der Waals surface area (Å²) in [6, 6.07) is 7.96. The summed E-state index contributed by atoms with van der Waals surface area (Å²) < 4.78 is 11.2. The summed E-state index contributed by atoms with van der Waals surface area (Å²) >= 11 is 0. The number of hydrogen-bond acceptors (Lipinski definition) is 3. The van der Waals surface area contributed by atoms with Gasteiger partial charge in [-0.1, -0.05) is 29.8 Å². The lowest BCUT2D eigenvalue weighted by molar-refractivity contribution is -0.138. The van der Waals surface area contributed by atoms with Crippen LogP contribution in [-0.4, -0.2) is 23.8 Å². The van der Waals surface area contributed by atoms with Gasteiger partial charge in [-0.2, -0.15) is 0 Å². The first-order chi connectivity index (χ1) is 8.15. The minimum absolute atomic E-state index is 0.114. The Kier molecular flexibility index (Phi) is 3.76. The van der Waals surface area contributed by atoms with E-state index in [1.165, 1.54) is 5.56 Å². The molecule has 0 amide bonds. The second-order valence-electron chi connectivity index (χ2n) is 4.27. The molecule has 1 fully saturated rings. The molecule has 0 spiro atoms. The van der Waals surface area contributed by atoms with Gasteiger partial charge < -0.3 is 14.6 Å². The van der Waals surface area contributed by atoms with E-state index >= 15 is 0 Å². The molecule has 92 valence electrons. The number of aliphatic carboxylic acids is 1. The first-order valence-electron chi connectivity index (χ1n) is 5.70. The van der Waals surface area contributed by atoms with Gasteiger partial charge in [0, 0.05) is 12.0 Å². The first-order valence-corrected chi connectivity index (χ1v) is 5.70. The summed E-state index contributed by atoms with van der Waals surface area (Å²) in [5, 5.41) is 8.59. The monoisotopic (exact) mass is 236 g/mol. The van der Waals surface area contributed by atoms with Gasteiger partial charge in [0.1, 0.15) is 0 Å². The lowest BCUT2D eigenvalue weighted by Crippen LogP contribution is -2.12. The molecule has 0 radical (unpaired) electrons.